The molecule has 23 heavy (non-hydrogen) atoms. The zero-order valence-corrected chi connectivity index (χ0v) is 13.6. The van der Waals surface area contributed by atoms with Crippen molar-refractivity contribution in [1.29, 1.82) is 0 Å². The smallest absolute Gasteiger partial charge is 0.230 e. The van der Waals surface area contributed by atoms with E-state index in [1.165, 1.54) is 0 Å². The van der Waals surface area contributed by atoms with Crippen molar-refractivity contribution in [3.05, 3.63) is 71.1 Å². The van der Waals surface area contributed by atoms with Crippen molar-refractivity contribution in [2.45, 2.75) is 6.42 Å². The summed E-state index contributed by atoms with van der Waals surface area (Å²) in [5, 5.41) is 4.79. The number of hydrogen-bond acceptors (Lipinski definition) is 4. The van der Waals surface area contributed by atoms with E-state index in [0.717, 1.165) is 16.3 Å². The highest BCUT2D eigenvalue weighted by atomic mass is 32.1. The van der Waals surface area contributed by atoms with Gasteiger partial charge in [-0.1, -0.05) is 24.3 Å². The van der Waals surface area contributed by atoms with Crippen molar-refractivity contribution in [3.8, 4) is 0 Å². The number of amides is 1. The molecule has 5 heteroatoms. The molecule has 1 amide bonds. The number of hydrogen-bond donors (Lipinski definition) is 1. The van der Waals surface area contributed by atoms with Crippen LogP contribution in [0.1, 0.15) is 4.88 Å². The molecule has 0 saturated heterocycles. The maximum Gasteiger partial charge on any atom is 0.230 e. The Morgan fingerprint density at radius 1 is 1.09 bits per heavy atom. The lowest BCUT2D eigenvalue weighted by Gasteiger charge is -2.19. The van der Waals surface area contributed by atoms with Crippen molar-refractivity contribution >= 4 is 34.4 Å². The van der Waals surface area contributed by atoms with Crippen LogP contribution in [-0.4, -0.2) is 17.9 Å². The predicted octanol–water partition coefficient (Wildman–Crippen LogP) is 4.09. The Hall–Kier alpha value is -2.66. The minimum Gasteiger partial charge on any atom is -0.343 e. The summed E-state index contributed by atoms with van der Waals surface area (Å²) in [6, 6.07) is 17.7. The zero-order valence-electron chi connectivity index (χ0n) is 12.8. The molecule has 0 bridgehead atoms. The van der Waals surface area contributed by atoms with Gasteiger partial charge in [0.2, 0.25) is 5.91 Å². The number of thiophene rings is 1. The fourth-order valence-corrected chi connectivity index (χ4v) is 2.92. The highest BCUT2D eigenvalue weighted by molar-refractivity contribution is 7.10. The summed E-state index contributed by atoms with van der Waals surface area (Å²) in [5.41, 5.74) is 2.05. The normalized spacial score (nSPS) is 10.3. The average molecular weight is 323 g/mol. The SMILES string of the molecule is CN(c1ccccc1)c1ccc(NC(=O)Cc2cccs2)nc1. The maximum absolute atomic E-state index is 12.0. The lowest BCUT2D eigenvalue weighted by molar-refractivity contribution is -0.115. The van der Waals surface area contributed by atoms with E-state index in [2.05, 4.69) is 10.3 Å². The summed E-state index contributed by atoms with van der Waals surface area (Å²) < 4.78 is 0. The quantitative estimate of drug-likeness (QED) is 0.769. The van der Waals surface area contributed by atoms with E-state index in [4.69, 9.17) is 0 Å². The molecule has 1 N–H and O–H groups in total. The summed E-state index contributed by atoms with van der Waals surface area (Å²) in [4.78, 5) is 19.4. The second-order valence-corrected chi connectivity index (χ2v) is 6.13. The molecule has 3 rings (SSSR count). The minimum absolute atomic E-state index is 0.0517. The molecule has 0 unspecified atom stereocenters. The third-order valence-corrected chi connectivity index (χ3v) is 4.34. The Kier molecular flexibility index (Phi) is 4.68. The number of nitrogens with one attached hydrogen (secondary N) is 1. The number of anilines is 3. The average Bonchev–Trinajstić information content (AvgIpc) is 3.08. The van der Waals surface area contributed by atoms with Crippen LogP contribution in [0.25, 0.3) is 0 Å². The second kappa shape index (κ2) is 7.07. The summed E-state index contributed by atoms with van der Waals surface area (Å²) in [7, 11) is 1.99. The predicted molar refractivity (Wildman–Crippen MR) is 95.4 cm³/mol. The number of carbonyl (C=O) groups is 1. The molecule has 2 aromatic heterocycles. The van der Waals surface area contributed by atoms with Crippen LogP contribution in [-0.2, 0) is 11.2 Å². The van der Waals surface area contributed by atoms with Gasteiger partial charge in [0.15, 0.2) is 0 Å². The molecule has 0 aliphatic carbocycles. The summed E-state index contributed by atoms with van der Waals surface area (Å²) in [6.45, 7) is 0. The number of para-hydroxylation sites is 1. The molecule has 0 atom stereocenters. The maximum atomic E-state index is 12.0. The van der Waals surface area contributed by atoms with E-state index in [0.29, 0.717) is 12.2 Å². The molecule has 116 valence electrons. The van der Waals surface area contributed by atoms with Crippen LogP contribution in [0.5, 0.6) is 0 Å². The van der Waals surface area contributed by atoms with Gasteiger partial charge in [-0.2, -0.15) is 0 Å². The van der Waals surface area contributed by atoms with Crippen LogP contribution in [0.15, 0.2) is 66.2 Å². The topological polar surface area (TPSA) is 45.2 Å². The van der Waals surface area contributed by atoms with Crippen molar-refractivity contribution in [1.82, 2.24) is 4.98 Å². The first-order valence-corrected chi connectivity index (χ1v) is 8.17. The molecule has 3 aromatic rings. The van der Waals surface area contributed by atoms with Crippen LogP contribution in [0.3, 0.4) is 0 Å². The number of nitrogens with zero attached hydrogens (tertiary/aromatic N) is 2. The molecule has 0 fully saturated rings. The Labute approximate surface area is 139 Å². The van der Waals surface area contributed by atoms with Gasteiger partial charge in [0.25, 0.3) is 0 Å². The number of aromatic nitrogens is 1. The van der Waals surface area contributed by atoms with E-state index in [1.807, 2.05) is 71.9 Å². The van der Waals surface area contributed by atoms with E-state index in [-0.39, 0.29) is 5.91 Å². The van der Waals surface area contributed by atoms with Crippen molar-refractivity contribution in [2.24, 2.45) is 0 Å². The summed E-state index contributed by atoms with van der Waals surface area (Å²) in [6.07, 6.45) is 2.14. The standard InChI is InChI=1S/C18H17N3OS/c1-21(14-6-3-2-4-7-14)15-9-10-17(19-13-15)20-18(22)12-16-8-5-11-23-16/h2-11,13H,12H2,1H3,(H,19,20,22). The van der Waals surface area contributed by atoms with Crippen molar-refractivity contribution < 1.29 is 4.79 Å². The van der Waals surface area contributed by atoms with Gasteiger partial charge >= 0.3 is 0 Å². The molecule has 0 radical (unpaired) electrons. The van der Waals surface area contributed by atoms with Crippen LogP contribution >= 0.6 is 11.3 Å². The number of carbonyl (C=O) groups excluding carboxylic acids is 1. The minimum atomic E-state index is -0.0517. The first-order chi connectivity index (χ1) is 11.2. The zero-order chi connectivity index (χ0) is 16.1. The second-order valence-electron chi connectivity index (χ2n) is 5.10. The molecule has 0 spiro atoms. The van der Waals surface area contributed by atoms with E-state index in [1.54, 1.807) is 17.5 Å². The number of benzene rings is 1. The van der Waals surface area contributed by atoms with Crippen molar-refractivity contribution in [3.63, 3.8) is 0 Å². The van der Waals surface area contributed by atoms with Gasteiger partial charge in [-0.25, -0.2) is 4.98 Å². The van der Waals surface area contributed by atoms with E-state index in [9.17, 15) is 4.79 Å². The summed E-state index contributed by atoms with van der Waals surface area (Å²) >= 11 is 1.58. The van der Waals surface area contributed by atoms with Gasteiger partial charge in [-0.05, 0) is 35.7 Å². The molecule has 1 aromatic carbocycles. The highest BCUT2D eigenvalue weighted by Gasteiger charge is 2.07. The van der Waals surface area contributed by atoms with Gasteiger partial charge < -0.3 is 10.2 Å². The number of pyridine rings is 1. The molecule has 2 heterocycles. The lowest BCUT2D eigenvalue weighted by atomic mass is 10.2. The van der Waals surface area contributed by atoms with Gasteiger partial charge in [0, 0.05) is 17.6 Å². The third-order valence-electron chi connectivity index (χ3n) is 3.46. The van der Waals surface area contributed by atoms with Crippen LogP contribution < -0.4 is 10.2 Å². The number of rotatable bonds is 5. The van der Waals surface area contributed by atoms with E-state index < -0.39 is 0 Å². The fraction of sp³-hybridized carbons (Fsp3) is 0.111. The monoisotopic (exact) mass is 323 g/mol. The Bertz CT molecular complexity index is 755. The summed E-state index contributed by atoms with van der Waals surface area (Å²) in [5.74, 6) is 0.515. The molecule has 0 aliphatic heterocycles. The fourth-order valence-electron chi connectivity index (χ4n) is 2.22. The van der Waals surface area contributed by atoms with Gasteiger partial charge in [0.1, 0.15) is 5.82 Å². The van der Waals surface area contributed by atoms with Crippen molar-refractivity contribution in [2.75, 3.05) is 17.3 Å². The Balaban J connectivity index is 1.64. The van der Waals surface area contributed by atoms with E-state index >= 15 is 0 Å². The van der Waals surface area contributed by atoms with Gasteiger partial charge in [0.05, 0.1) is 18.3 Å². The third kappa shape index (κ3) is 3.96. The molecule has 4 nitrogen and oxygen atoms in total. The Morgan fingerprint density at radius 2 is 1.91 bits per heavy atom. The van der Waals surface area contributed by atoms with Gasteiger partial charge in [-0.3, -0.25) is 4.79 Å². The van der Waals surface area contributed by atoms with Crippen LogP contribution in [0, 0.1) is 0 Å². The Morgan fingerprint density at radius 3 is 2.57 bits per heavy atom. The molecular weight excluding hydrogens is 306 g/mol. The first kappa shape index (κ1) is 15.2. The van der Waals surface area contributed by atoms with Crippen LogP contribution in [0.2, 0.25) is 0 Å². The van der Waals surface area contributed by atoms with Gasteiger partial charge in [-0.15, -0.1) is 11.3 Å². The molecule has 0 aliphatic rings. The molecular formula is C18H17N3OS. The van der Waals surface area contributed by atoms with Crippen LogP contribution in [0.4, 0.5) is 17.2 Å². The largest absolute Gasteiger partial charge is 0.343 e. The highest BCUT2D eigenvalue weighted by Crippen LogP contribution is 2.23. The lowest BCUT2D eigenvalue weighted by Crippen LogP contribution is -2.15. The first-order valence-electron chi connectivity index (χ1n) is 7.29. The molecule has 0 saturated carbocycles.